The van der Waals surface area contributed by atoms with Gasteiger partial charge in [-0.05, 0) is 31.2 Å². The molecule has 0 saturated carbocycles. The summed E-state index contributed by atoms with van der Waals surface area (Å²) in [7, 11) is 0.826. The third-order valence-corrected chi connectivity index (χ3v) is 5.89. The third-order valence-electron chi connectivity index (χ3n) is 4.08. The van der Waals surface area contributed by atoms with E-state index in [0.717, 1.165) is 9.99 Å². The number of ether oxygens (including phenoxy) is 1. The quantitative estimate of drug-likeness (QED) is 0.484. The fourth-order valence-corrected chi connectivity index (χ4v) is 3.52. The molecule has 152 valence electrons. The van der Waals surface area contributed by atoms with Crippen LogP contribution in [0.4, 0.5) is 17.1 Å². The van der Waals surface area contributed by atoms with Crippen molar-refractivity contribution < 1.29 is 18.1 Å². The van der Waals surface area contributed by atoms with Crippen molar-refractivity contribution in [2.75, 3.05) is 38.4 Å². The first-order chi connectivity index (χ1) is 13.2. The number of methoxy groups -OCH3 is 1. The highest BCUT2D eigenvalue weighted by molar-refractivity contribution is 7.89. The second-order valence-corrected chi connectivity index (χ2v) is 8.28. The Labute approximate surface area is 164 Å². The summed E-state index contributed by atoms with van der Waals surface area (Å²) >= 11 is 0. The topological polar surface area (TPSA) is 114 Å². The van der Waals surface area contributed by atoms with Crippen LogP contribution < -0.4 is 15.4 Å². The first kappa shape index (κ1) is 21.5. The van der Waals surface area contributed by atoms with E-state index in [9.17, 15) is 18.5 Å². The van der Waals surface area contributed by atoms with E-state index >= 15 is 0 Å². The van der Waals surface area contributed by atoms with Gasteiger partial charge in [0.2, 0.25) is 10.0 Å². The van der Waals surface area contributed by atoms with E-state index < -0.39 is 14.9 Å². The second kappa shape index (κ2) is 8.89. The van der Waals surface area contributed by atoms with Crippen LogP contribution in [-0.4, -0.2) is 45.4 Å². The first-order valence-corrected chi connectivity index (χ1v) is 10.00. The van der Waals surface area contributed by atoms with E-state index in [1.165, 1.54) is 51.5 Å². The predicted octanol–water partition coefficient (Wildman–Crippen LogP) is 2.90. The van der Waals surface area contributed by atoms with Crippen molar-refractivity contribution >= 4 is 27.1 Å². The lowest BCUT2D eigenvalue weighted by molar-refractivity contribution is -0.384. The summed E-state index contributed by atoms with van der Waals surface area (Å²) in [5, 5.41) is 17.4. The van der Waals surface area contributed by atoms with Gasteiger partial charge >= 0.3 is 0 Å². The molecule has 2 rings (SSSR count). The molecule has 10 heteroatoms. The molecule has 0 aliphatic heterocycles. The van der Waals surface area contributed by atoms with Gasteiger partial charge < -0.3 is 15.4 Å². The number of hydrogen-bond acceptors (Lipinski definition) is 7. The molecule has 2 aromatic rings. The number of benzene rings is 2. The van der Waals surface area contributed by atoms with Crippen molar-refractivity contribution in [2.45, 2.75) is 18.4 Å². The van der Waals surface area contributed by atoms with Crippen LogP contribution in [0.1, 0.15) is 12.5 Å². The van der Waals surface area contributed by atoms with E-state index in [-0.39, 0.29) is 17.1 Å². The summed E-state index contributed by atoms with van der Waals surface area (Å²) in [4.78, 5) is 10.7. The lowest BCUT2D eigenvalue weighted by Crippen LogP contribution is -2.22. The van der Waals surface area contributed by atoms with E-state index in [4.69, 9.17) is 4.74 Å². The van der Waals surface area contributed by atoms with Gasteiger partial charge in [0.15, 0.2) is 0 Å². The number of nitrogens with zero attached hydrogens (tertiary/aromatic N) is 2. The molecule has 0 heterocycles. The maximum Gasteiger partial charge on any atom is 0.270 e. The Morgan fingerprint density at radius 3 is 2.39 bits per heavy atom. The maximum absolute atomic E-state index is 12.4. The van der Waals surface area contributed by atoms with Gasteiger partial charge in [0, 0.05) is 44.9 Å². The summed E-state index contributed by atoms with van der Waals surface area (Å²) in [5.41, 5.74) is 1.83. The number of rotatable bonds is 9. The molecule has 0 aliphatic carbocycles. The van der Waals surface area contributed by atoms with Gasteiger partial charge in [0.05, 0.1) is 28.3 Å². The highest BCUT2D eigenvalue weighted by Crippen LogP contribution is 2.29. The minimum absolute atomic E-state index is 0.0477. The lowest BCUT2D eigenvalue weighted by Gasteiger charge is -2.17. The van der Waals surface area contributed by atoms with Crippen LogP contribution in [0.2, 0.25) is 0 Å². The van der Waals surface area contributed by atoms with Gasteiger partial charge in [-0.3, -0.25) is 10.1 Å². The Balaban J connectivity index is 2.39. The average molecular weight is 408 g/mol. The third kappa shape index (κ3) is 4.70. The number of nitro benzene ring substituents is 1. The monoisotopic (exact) mass is 408 g/mol. The van der Waals surface area contributed by atoms with Crippen LogP contribution in [0, 0.1) is 10.1 Å². The highest BCUT2D eigenvalue weighted by Gasteiger charge is 2.19. The fourth-order valence-electron chi connectivity index (χ4n) is 2.59. The van der Waals surface area contributed by atoms with Crippen molar-refractivity contribution in [1.29, 1.82) is 0 Å². The van der Waals surface area contributed by atoms with Crippen LogP contribution in [0.5, 0.6) is 5.75 Å². The number of hydrogen-bond donors (Lipinski definition) is 2. The Kier molecular flexibility index (Phi) is 6.81. The van der Waals surface area contributed by atoms with Crippen LogP contribution in [0.25, 0.3) is 0 Å². The van der Waals surface area contributed by atoms with Gasteiger partial charge in [-0.1, -0.05) is 0 Å². The molecule has 0 atom stereocenters. The standard InChI is InChI=1S/C18H24N4O5S/c1-5-19-16-8-7-15(28(25,26)21(2)3)11-17(16)20-12-13-10-14(22(23)24)6-9-18(13)27-4/h6-11,19-20H,5,12H2,1-4H3. The number of anilines is 2. The van der Waals surface area contributed by atoms with Crippen molar-refractivity contribution in [2.24, 2.45) is 0 Å². The number of sulfonamides is 1. The Bertz CT molecular complexity index is 960. The van der Waals surface area contributed by atoms with Gasteiger partial charge in [-0.25, -0.2) is 12.7 Å². The molecule has 0 aromatic heterocycles. The van der Waals surface area contributed by atoms with Crippen LogP contribution in [0.15, 0.2) is 41.3 Å². The molecule has 0 radical (unpaired) electrons. The fraction of sp³-hybridized carbons (Fsp3) is 0.333. The lowest BCUT2D eigenvalue weighted by atomic mass is 10.1. The zero-order valence-electron chi connectivity index (χ0n) is 16.2. The summed E-state index contributed by atoms with van der Waals surface area (Å²) in [6.45, 7) is 2.79. The molecule has 0 bridgehead atoms. The summed E-state index contributed by atoms with van der Waals surface area (Å²) in [6, 6.07) is 9.10. The number of nitro groups is 1. The molecule has 0 spiro atoms. The molecule has 0 saturated heterocycles. The molecule has 2 aromatic carbocycles. The van der Waals surface area contributed by atoms with E-state index in [0.29, 0.717) is 23.5 Å². The minimum atomic E-state index is -3.59. The van der Waals surface area contributed by atoms with Gasteiger partial charge in [-0.2, -0.15) is 0 Å². The summed E-state index contributed by atoms with van der Waals surface area (Å²) in [6.07, 6.45) is 0. The second-order valence-electron chi connectivity index (χ2n) is 6.13. The van der Waals surface area contributed by atoms with Crippen molar-refractivity contribution in [3.05, 3.63) is 52.1 Å². The smallest absolute Gasteiger partial charge is 0.270 e. The van der Waals surface area contributed by atoms with Gasteiger partial charge in [0.25, 0.3) is 5.69 Å². The van der Waals surface area contributed by atoms with E-state index in [1.54, 1.807) is 6.07 Å². The molecule has 0 amide bonds. The van der Waals surface area contributed by atoms with Crippen molar-refractivity contribution in [3.63, 3.8) is 0 Å². The van der Waals surface area contributed by atoms with E-state index in [1.807, 2.05) is 6.92 Å². The van der Waals surface area contributed by atoms with Crippen LogP contribution >= 0.6 is 0 Å². The van der Waals surface area contributed by atoms with Crippen molar-refractivity contribution in [3.8, 4) is 5.75 Å². The summed E-state index contributed by atoms with van der Waals surface area (Å²) < 4.78 is 31.3. The SMILES string of the molecule is CCNc1ccc(S(=O)(=O)N(C)C)cc1NCc1cc([N+](=O)[O-])ccc1OC. The molecule has 0 fully saturated rings. The Hall–Kier alpha value is -2.85. The molecule has 28 heavy (non-hydrogen) atoms. The van der Waals surface area contributed by atoms with Crippen LogP contribution in [0.3, 0.4) is 0 Å². The zero-order chi connectivity index (χ0) is 20.9. The van der Waals surface area contributed by atoms with Crippen molar-refractivity contribution in [1.82, 2.24) is 4.31 Å². The average Bonchev–Trinajstić information content (AvgIpc) is 2.66. The van der Waals surface area contributed by atoms with E-state index in [2.05, 4.69) is 10.6 Å². The Morgan fingerprint density at radius 1 is 1.11 bits per heavy atom. The first-order valence-electron chi connectivity index (χ1n) is 8.56. The molecular weight excluding hydrogens is 384 g/mol. The Morgan fingerprint density at radius 2 is 1.82 bits per heavy atom. The van der Waals surface area contributed by atoms with Gasteiger partial charge in [-0.15, -0.1) is 0 Å². The molecular formula is C18H24N4O5S. The highest BCUT2D eigenvalue weighted by atomic mass is 32.2. The zero-order valence-corrected chi connectivity index (χ0v) is 17.0. The minimum Gasteiger partial charge on any atom is -0.496 e. The summed E-state index contributed by atoms with van der Waals surface area (Å²) in [5.74, 6) is 0.500. The molecule has 2 N–H and O–H groups in total. The molecule has 0 aliphatic rings. The van der Waals surface area contributed by atoms with Gasteiger partial charge in [0.1, 0.15) is 5.75 Å². The maximum atomic E-state index is 12.4. The molecule has 0 unspecified atom stereocenters. The predicted molar refractivity (Wildman–Crippen MR) is 108 cm³/mol. The number of nitrogens with one attached hydrogen (secondary N) is 2. The molecule has 9 nitrogen and oxygen atoms in total. The number of non-ortho nitro benzene ring substituents is 1. The van der Waals surface area contributed by atoms with Crippen LogP contribution in [-0.2, 0) is 16.6 Å². The normalized spacial score (nSPS) is 11.3. The largest absolute Gasteiger partial charge is 0.496 e.